The van der Waals surface area contributed by atoms with Gasteiger partial charge in [-0.3, -0.25) is 19.7 Å². The molecule has 7 heteroatoms. The predicted octanol–water partition coefficient (Wildman–Crippen LogP) is 3.63. The Hall–Kier alpha value is -3.22. The molecule has 2 rings (SSSR count). The number of nitro benzene ring substituents is 1. The minimum Gasteiger partial charge on any atom is -0.452 e. The number of rotatable bonds is 6. The van der Waals surface area contributed by atoms with Gasteiger partial charge in [0.05, 0.1) is 11.3 Å². The molecule has 0 heterocycles. The van der Waals surface area contributed by atoms with E-state index in [1.807, 2.05) is 32.9 Å². The fourth-order valence-corrected chi connectivity index (χ4v) is 2.89. The Morgan fingerprint density at radius 2 is 1.74 bits per heavy atom. The molecule has 1 amide bonds. The Labute approximate surface area is 157 Å². The van der Waals surface area contributed by atoms with Crippen molar-refractivity contribution in [2.45, 2.75) is 40.2 Å². The van der Waals surface area contributed by atoms with Crippen LogP contribution >= 0.6 is 0 Å². The van der Waals surface area contributed by atoms with Crippen molar-refractivity contribution in [1.82, 2.24) is 0 Å². The van der Waals surface area contributed by atoms with Crippen molar-refractivity contribution in [2.75, 3.05) is 5.32 Å². The van der Waals surface area contributed by atoms with Gasteiger partial charge in [-0.1, -0.05) is 35.9 Å². The summed E-state index contributed by atoms with van der Waals surface area (Å²) < 4.78 is 5.15. The third-order valence-electron chi connectivity index (χ3n) is 4.13. The lowest BCUT2D eigenvalue weighted by molar-refractivity contribution is -0.385. The van der Waals surface area contributed by atoms with Crippen molar-refractivity contribution in [3.63, 3.8) is 0 Å². The van der Waals surface area contributed by atoms with E-state index in [4.69, 9.17) is 4.74 Å². The molecule has 0 aromatic heterocycles. The van der Waals surface area contributed by atoms with Crippen molar-refractivity contribution in [3.05, 3.63) is 68.8 Å². The first-order valence-electron chi connectivity index (χ1n) is 8.49. The molecular formula is C20H22N2O5. The Kier molecular flexibility index (Phi) is 6.28. The molecule has 7 nitrogen and oxygen atoms in total. The second kappa shape index (κ2) is 8.44. The van der Waals surface area contributed by atoms with Gasteiger partial charge in [0.2, 0.25) is 0 Å². The second-order valence-electron chi connectivity index (χ2n) is 6.46. The van der Waals surface area contributed by atoms with Gasteiger partial charge in [0.25, 0.3) is 11.6 Å². The van der Waals surface area contributed by atoms with Crippen LogP contribution in [0.1, 0.15) is 29.2 Å². The number of benzene rings is 2. The largest absolute Gasteiger partial charge is 0.452 e. The first kappa shape index (κ1) is 20.1. The van der Waals surface area contributed by atoms with Crippen LogP contribution in [0, 0.1) is 30.9 Å². The maximum atomic E-state index is 12.4. The van der Waals surface area contributed by atoms with Crippen LogP contribution in [0.2, 0.25) is 0 Å². The number of aryl methyl sites for hydroxylation is 3. The zero-order valence-corrected chi connectivity index (χ0v) is 15.7. The SMILES string of the molecule is Cc1cc(C)c(NC(=O)C(C)OC(=O)Cc2ccccc2[N+](=O)[O-])c(C)c1. The van der Waals surface area contributed by atoms with Crippen LogP contribution in [0.4, 0.5) is 11.4 Å². The molecule has 1 atom stereocenters. The number of nitrogens with zero attached hydrogens (tertiary/aromatic N) is 1. The molecule has 0 spiro atoms. The number of amides is 1. The van der Waals surface area contributed by atoms with E-state index in [0.29, 0.717) is 5.69 Å². The quantitative estimate of drug-likeness (QED) is 0.475. The summed E-state index contributed by atoms with van der Waals surface area (Å²) in [6, 6.07) is 9.84. The second-order valence-corrected chi connectivity index (χ2v) is 6.46. The van der Waals surface area contributed by atoms with Gasteiger partial charge in [0, 0.05) is 17.3 Å². The normalized spacial score (nSPS) is 11.6. The molecule has 0 aliphatic heterocycles. The van der Waals surface area contributed by atoms with E-state index < -0.39 is 22.9 Å². The van der Waals surface area contributed by atoms with Gasteiger partial charge in [0.1, 0.15) is 0 Å². The molecule has 2 aromatic rings. The number of hydrogen-bond acceptors (Lipinski definition) is 5. The predicted molar refractivity (Wildman–Crippen MR) is 102 cm³/mol. The summed E-state index contributed by atoms with van der Waals surface area (Å²) in [6.07, 6.45) is -1.31. The maximum Gasteiger partial charge on any atom is 0.311 e. The lowest BCUT2D eigenvalue weighted by Gasteiger charge is -2.17. The Balaban J connectivity index is 2.03. The van der Waals surface area contributed by atoms with E-state index in [1.54, 1.807) is 6.07 Å². The number of carbonyl (C=O) groups is 2. The highest BCUT2D eigenvalue weighted by Gasteiger charge is 2.22. The van der Waals surface area contributed by atoms with Crippen molar-refractivity contribution < 1.29 is 19.2 Å². The van der Waals surface area contributed by atoms with E-state index >= 15 is 0 Å². The van der Waals surface area contributed by atoms with E-state index in [1.165, 1.54) is 25.1 Å². The third kappa shape index (κ3) is 5.13. The van der Waals surface area contributed by atoms with Gasteiger partial charge < -0.3 is 10.1 Å². The average Bonchev–Trinajstić information content (AvgIpc) is 2.57. The Morgan fingerprint density at radius 1 is 1.15 bits per heavy atom. The Morgan fingerprint density at radius 3 is 2.33 bits per heavy atom. The summed E-state index contributed by atoms with van der Waals surface area (Å²) >= 11 is 0. The van der Waals surface area contributed by atoms with Gasteiger partial charge >= 0.3 is 5.97 Å². The number of esters is 1. The molecule has 142 valence electrons. The molecule has 2 aromatic carbocycles. The zero-order valence-electron chi connectivity index (χ0n) is 15.7. The molecule has 1 unspecified atom stereocenters. The molecule has 0 aliphatic rings. The molecule has 0 radical (unpaired) electrons. The molecule has 0 saturated heterocycles. The molecule has 0 aliphatic carbocycles. The lowest BCUT2D eigenvalue weighted by Crippen LogP contribution is -2.31. The van der Waals surface area contributed by atoms with Crippen molar-refractivity contribution >= 4 is 23.3 Å². The minimum atomic E-state index is -1.03. The summed E-state index contributed by atoms with van der Waals surface area (Å²) in [6.45, 7) is 7.21. The molecular weight excluding hydrogens is 348 g/mol. The highest BCUT2D eigenvalue weighted by molar-refractivity contribution is 5.96. The topological polar surface area (TPSA) is 98.5 Å². The number of anilines is 1. The fraction of sp³-hybridized carbons (Fsp3) is 0.300. The summed E-state index contributed by atoms with van der Waals surface area (Å²) in [5.41, 5.74) is 3.69. The monoisotopic (exact) mass is 370 g/mol. The average molecular weight is 370 g/mol. The van der Waals surface area contributed by atoms with Crippen LogP contribution in [-0.4, -0.2) is 22.9 Å². The number of para-hydroxylation sites is 1. The van der Waals surface area contributed by atoms with Crippen LogP contribution in [0.5, 0.6) is 0 Å². The van der Waals surface area contributed by atoms with Crippen molar-refractivity contribution in [2.24, 2.45) is 0 Å². The summed E-state index contributed by atoms with van der Waals surface area (Å²) in [5.74, 6) is -1.16. The summed E-state index contributed by atoms with van der Waals surface area (Å²) in [5, 5.41) is 13.8. The van der Waals surface area contributed by atoms with Gasteiger partial charge in [-0.05, 0) is 38.8 Å². The zero-order chi connectivity index (χ0) is 20.1. The molecule has 0 saturated carbocycles. The molecule has 1 N–H and O–H groups in total. The highest BCUT2D eigenvalue weighted by atomic mass is 16.6. The summed E-state index contributed by atoms with van der Waals surface area (Å²) in [7, 11) is 0. The number of carbonyl (C=O) groups excluding carboxylic acids is 2. The Bertz CT molecular complexity index is 869. The van der Waals surface area contributed by atoms with E-state index in [-0.39, 0.29) is 17.7 Å². The van der Waals surface area contributed by atoms with E-state index in [2.05, 4.69) is 5.32 Å². The number of ether oxygens (including phenoxy) is 1. The van der Waals surface area contributed by atoms with Gasteiger partial charge in [-0.25, -0.2) is 0 Å². The van der Waals surface area contributed by atoms with E-state index in [9.17, 15) is 19.7 Å². The van der Waals surface area contributed by atoms with Crippen LogP contribution in [0.3, 0.4) is 0 Å². The lowest BCUT2D eigenvalue weighted by atomic mass is 10.0. The molecule has 27 heavy (non-hydrogen) atoms. The first-order valence-corrected chi connectivity index (χ1v) is 8.49. The van der Waals surface area contributed by atoms with Crippen LogP contribution < -0.4 is 5.32 Å². The summed E-state index contributed by atoms with van der Waals surface area (Å²) in [4.78, 5) is 34.9. The minimum absolute atomic E-state index is 0.155. The van der Waals surface area contributed by atoms with Crippen molar-refractivity contribution in [1.29, 1.82) is 0 Å². The smallest absolute Gasteiger partial charge is 0.311 e. The van der Waals surface area contributed by atoms with Crippen LogP contribution in [0.15, 0.2) is 36.4 Å². The maximum absolute atomic E-state index is 12.4. The van der Waals surface area contributed by atoms with Gasteiger partial charge in [-0.15, -0.1) is 0 Å². The fourth-order valence-electron chi connectivity index (χ4n) is 2.89. The highest BCUT2D eigenvalue weighted by Crippen LogP contribution is 2.22. The first-order chi connectivity index (χ1) is 12.7. The van der Waals surface area contributed by atoms with Crippen molar-refractivity contribution in [3.8, 4) is 0 Å². The van der Waals surface area contributed by atoms with Crippen LogP contribution in [-0.2, 0) is 20.7 Å². The third-order valence-corrected chi connectivity index (χ3v) is 4.13. The standard InChI is InChI=1S/C20H22N2O5/c1-12-9-13(2)19(14(3)10-12)21-20(24)15(4)27-18(23)11-16-7-5-6-8-17(16)22(25)26/h5-10,15H,11H2,1-4H3,(H,21,24). The van der Waals surface area contributed by atoms with Crippen LogP contribution in [0.25, 0.3) is 0 Å². The van der Waals surface area contributed by atoms with E-state index in [0.717, 1.165) is 16.7 Å². The number of nitro groups is 1. The molecule has 0 fully saturated rings. The number of hydrogen-bond donors (Lipinski definition) is 1. The number of nitrogens with one attached hydrogen (secondary N) is 1. The van der Waals surface area contributed by atoms with Gasteiger partial charge in [0.15, 0.2) is 6.10 Å². The van der Waals surface area contributed by atoms with Gasteiger partial charge in [-0.2, -0.15) is 0 Å². The molecule has 0 bridgehead atoms.